The molecule has 0 amide bonds. The lowest BCUT2D eigenvalue weighted by molar-refractivity contribution is -0.134. The van der Waals surface area contributed by atoms with Crippen LogP contribution in [-0.2, 0) is 4.79 Å². The number of benzene rings is 1. The van der Waals surface area contributed by atoms with E-state index in [4.69, 9.17) is 31.0 Å². The Bertz CT molecular complexity index is 951. The number of halogens is 2. The van der Waals surface area contributed by atoms with Crippen LogP contribution in [-0.4, -0.2) is 55.5 Å². The third-order valence-corrected chi connectivity index (χ3v) is 6.14. The summed E-state index contributed by atoms with van der Waals surface area (Å²) in [6.07, 6.45) is 4.70. The summed E-state index contributed by atoms with van der Waals surface area (Å²) < 4.78 is 26.0. The molecule has 2 aliphatic rings. The highest BCUT2D eigenvalue weighted by atomic mass is 35.5. The fourth-order valence-electron chi connectivity index (χ4n) is 4.20. The van der Waals surface area contributed by atoms with E-state index in [2.05, 4.69) is 21.7 Å². The molecule has 0 spiro atoms. The molecule has 2 atom stereocenters. The predicted octanol–water partition coefficient (Wildman–Crippen LogP) is 4.87. The Morgan fingerprint density at radius 3 is 2.52 bits per heavy atom. The molecule has 0 bridgehead atoms. The predicted molar refractivity (Wildman–Crippen MR) is 127 cm³/mol. The topological polar surface area (TPSA) is 75.1 Å². The summed E-state index contributed by atoms with van der Waals surface area (Å²) in [4.78, 5) is 17.6. The molecule has 7 nitrogen and oxygen atoms in total. The van der Waals surface area contributed by atoms with Gasteiger partial charge in [0.1, 0.15) is 6.10 Å². The maximum absolute atomic E-state index is 14.7. The Morgan fingerprint density at radius 2 is 1.91 bits per heavy atom. The minimum absolute atomic E-state index is 0.0408. The molecule has 2 fully saturated rings. The first-order chi connectivity index (χ1) is 15.8. The summed E-state index contributed by atoms with van der Waals surface area (Å²) in [5.74, 6) is -0.0278. The molecule has 2 aromatic rings. The molecular weight excluding hydrogens is 449 g/mol. The van der Waals surface area contributed by atoms with Crippen LogP contribution in [0.1, 0.15) is 33.1 Å². The van der Waals surface area contributed by atoms with Gasteiger partial charge < -0.3 is 24.4 Å². The first-order valence-corrected chi connectivity index (χ1v) is 11.5. The van der Waals surface area contributed by atoms with E-state index in [0.717, 1.165) is 50.9 Å². The van der Waals surface area contributed by atoms with E-state index in [0.29, 0.717) is 16.7 Å². The molecule has 33 heavy (non-hydrogen) atoms. The molecular formula is C24H31ClFN3O4. The number of carbonyl (C=O) groups is 1. The van der Waals surface area contributed by atoms with Crippen molar-refractivity contribution in [1.29, 1.82) is 0 Å². The van der Waals surface area contributed by atoms with Gasteiger partial charge in [-0.05, 0) is 25.0 Å². The van der Waals surface area contributed by atoms with E-state index < -0.39 is 5.97 Å². The molecule has 1 N–H and O–H groups in total. The molecule has 1 aromatic heterocycles. The third-order valence-electron chi connectivity index (χ3n) is 5.85. The van der Waals surface area contributed by atoms with Crippen molar-refractivity contribution in [3.8, 4) is 11.6 Å². The number of ether oxygens (including phenoxy) is 2. The second-order valence-corrected chi connectivity index (χ2v) is 8.78. The summed E-state index contributed by atoms with van der Waals surface area (Å²) in [5, 5.41) is 8.01. The average Bonchev–Trinajstić information content (AvgIpc) is 3.31. The van der Waals surface area contributed by atoms with Crippen LogP contribution in [0.3, 0.4) is 0 Å². The summed E-state index contributed by atoms with van der Waals surface area (Å²) in [6, 6.07) is 7.19. The zero-order valence-corrected chi connectivity index (χ0v) is 20.0. The minimum Gasteiger partial charge on any atom is -0.487 e. The molecule has 0 aliphatic carbocycles. The van der Waals surface area contributed by atoms with E-state index in [1.165, 1.54) is 12.8 Å². The lowest BCUT2D eigenvalue weighted by Crippen LogP contribution is -2.44. The Balaban J connectivity index is 0.000000709. The Hall–Kier alpha value is -2.74. The number of carboxylic acids is 1. The van der Waals surface area contributed by atoms with Crippen LogP contribution in [0.15, 0.2) is 30.5 Å². The maximum atomic E-state index is 14.7. The molecule has 2 aliphatic heterocycles. The van der Waals surface area contributed by atoms with Gasteiger partial charge in [0.25, 0.3) is 5.97 Å². The number of rotatable bonds is 5. The zero-order valence-electron chi connectivity index (χ0n) is 19.3. The van der Waals surface area contributed by atoms with E-state index >= 15 is 0 Å². The lowest BCUT2D eigenvalue weighted by Gasteiger charge is -2.38. The minimum atomic E-state index is -0.833. The third kappa shape index (κ3) is 6.63. The Morgan fingerprint density at radius 1 is 1.21 bits per heavy atom. The number of anilines is 2. The maximum Gasteiger partial charge on any atom is 0.300 e. The van der Waals surface area contributed by atoms with Crippen molar-refractivity contribution in [2.45, 2.75) is 39.2 Å². The SMILES string of the molecule is CC(=O)O.COc1cc(N2CCC(Oc3ccc(N4CCCC4)cc3F)C(C)C2)c(Cl)cn1. The summed E-state index contributed by atoms with van der Waals surface area (Å²) in [5.41, 5.74) is 1.85. The highest BCUT2D eigenvalue weighted by molar-refractivity contribution is 6.33. The van der Waals surface area contributed by atoms with Crippen molar-refractivity contribution < 1.29 is 23.8 Å². The number of methoxy groups -OCH3 is 1. The van der Waals surface area contributed by atoms with Gasteiger partial charge in [-0.3, -0.25) is 4.79 Å². The summed E-state index contributed by atoms with van der Waals surface area (Å²) >= 11 is 6.35. The second-order valence-electron chi connectivity index (χ2n) is 8.37. The standard InChI is InChI=1S/C22H27ClFN3O2.C2H4O2/c1-15-14-27(19-12-22(28-2)25-13-17(19)23)10-7-20(15)29-21-6-5-16(11-18(21)24)26-8-3-4-9-26;1-2(3)4/h5-6,11-13,15,20H,3-4,7-10,14H2,1-2H3;1H3,(H,3,4). The number of piperidine rings is 1. The van der Waals surface area contributed by atoms with Crippen LogP contribution < -0.4 is 19.3 Å². The molecule has 0 saturated carbocycles. The van der Waals surface area contributed by atoms with Crippen molar-refractivity contribution >= 4 is 28.9 Å². The zero-order chi connectivity index (χ0) is 24.0. The van der Waals surface area contributed by atoms with Gasteiger partial charge in [0.2, 0.25) is 5.88 Å². The lowest BCUT2D eigenvalue weighted by atomic mass is 9.96. The van der Waals surface area contributed by atoms with E-state index in [-0.39, 0.29) is 17.8 Å². The van der Waals surface area contributed by atoms with Crippen LogP contribution in [0.4, 0.5) is 15.8 Å². The van der Waals surface area contributed by atoms with Gasteiger partial charge in [0.15, 0.2) is 11.6 Å². The number of nitrogens with zero attached hydrogens (tertiary/aromatic N) is 3. The highest BCUT2D eigenvalue weighted by Crippen LogP contribution is 2.34. The molecule has 4 rings (SSSR count). The van der Waals surface area contributed by atoms with Gasteiger partial charge in [0.05, 0.1) is 24.0 Å². The number of hydrogen-bond acceptors (Lipinski definition) is 6. The van der Waals surface area contributed by atoms with E-state index in [9.17, 15) is 4.39 Å². The van der Waals surface area contributed by atoms with Crippen LogP contribution in [0, 0.1) is 11.7 Å². The molecule has 0 radical (unpaired) electrons. The van der Waals surface area contributed by atoms with Crippen LogP contribution in [0.5, 0.6) is 11.6 Å². The normalized spacial score (nSPS) is 20.2. The van der Waals surface area contributed by atoms with Gasteiger partial charge >= 0.3 is 0 Å². The average molecular weight is 480 g/mol. The Labute approximate surface area is 199 Å². The quantitative estimate of drug-likeness (QED) is 0.655. The first-order valence-electron chi connectivity index (χ1n) is 11.1. The highest BCUT2D eigenvalue weighted by Gasteiger charge is 2.30. The molecule has 2 unspecified atom stereocenters. The summed E-state index contributed by atoms with van der Waals surface area (Å²) in [6.45, 7) is 6.75. The van der Waals surface area contributed by atoms with Gasteiger partial charge in [-0.2, -0.15) is 0 Å². The first kappa shape index (κ1) is 24.9. The Kier molecular flexibility index (Phi) is 8.61. The number of aromatic nitrogens is 1. The number of hydrogen-bond donors (Lipinski definition) is 1. The summed E-state index contributed by atoms with van der Waals surface area (Å²) in [7, 11) is 1.59. The van der Waals surface area contributed by atoms with Gasteiger partial charge in [-0.25, -0.2) is 9.37 Å². The van der Waals surface area contributed by atoms with E-state index in [1.807, 2.05) is 12.1 Å². The van der Waals surface area contributed by atoms with Crippen molar-refractivity contribution in [3.63, 3.8) is 0 Å². The number of aliphatic carboxylic acids is 1. The van der Waals surface area contributed by atoms with Crippen molar-refractivity contribution in [2.24, 2.45) is 5.92 Å². The van der Waals surface area contributed by atoms with Crippen LogP contribution in [0.2, 0.25) is 5.02 Å². The molecule has 3 heterocycles. The van der Waals surface area contributed by atoms with Gasteiger partial charge in [-0.15, -0.1) is 0 Å². The fraction of sp³-hybridized carbons (Fsp3) is 0.500. The van der Waals surface area contributed by atoms with Crippen molar-refractivity contribution in [3.05, 3.63) is 41.3 Å². The van der Waals surface area contributed by atoms with Crippen molar-refractivity contribution in [2.75, 3.05) is 43.1 Å². The number of pyridine rings is 1. The molecule has 180 valence electrons. The molecule has 1 aromatic carbocycles. The van der Waals surface area contributed by atoms with Crippen LogP contribution >= 0.6 is 11.6 Å². The molecule has 2 saturated heterocycles. The van der Waals surface area contributed by atoms with Gasteiger partial charge in [0, 0.05) is 63.3 Å². The smallest absolute Gasteiger partial charge is 0.300 e. The monoisotopic (exact) mass is 479 g/mol. The van der Waals surface area contributed by atoms with E-state index in [1.54, 1.807) is 25.4 Å². The largest absolute Gasteiger partial charge is 0.487 e. The second kappa shape index (κ2) is 11.4. The number of carboxylic acid groups (broad SMARTS) is 1. The fourth-order valence-corrected chi connectivity index (χ4v) is 4.42. The van der Waals surface area contributed by atoms with Crippen LogP contribution in [0.25, 0.3) is 0 Å². The van der Waals surface area contributed by atoms with Gasteiger partial charge in [-0.1, -0.05) is 18.5 Å². The van der Waals surface area contributed by atoms with Crippen molar-refractivity contribution in [1.82, 2.24) is 4.98 Å². The molecule has 9 heteroatoms.